The van der Waals surface area contributed by atoms with Crippen molar-refractivity contribution in [1.29, 1.82) is 5.26 Å². The Labute approximate surface area is 85.9 Å². The molecule has 0 heterocycles. The predicted octanol–water partition coefficient (Wildman–Crippen LogP) is 2.31. The number of carboxylic acid groups (broad SMARTS) is 1. The molecule has 0 aromatic heterocycles. The summed E-state index contributed by atoms with van der Waals surface area (Å²) in [4.78, 5) is 10.3. The second kappa shape index (κ2) is 4.45. The van der Waals surface area contributed by atoms with Crippen LogP contribution in [0.2, 0.25) is 5.02 Å². The number of carboxylic acids is 1. The van der Waals surface area contributed by atoms with Crippen molar-refractivity contribution in [3.8, 4) is 6.07 Å². The minimum Gasteiger partial charge on any atom is -0.478 e. The Balaban J connectivity index is 3.16. The highest BCUT2D eigenvalue weighted by molar-refractivity contribution is 6.32. The van der Waals surface area contributed by atoms with Crippen LogP contribution in [0.15, 0.2) is 24.3 Å². The third-order valence-electron chi connectivity index (χ3n) is 1.56. The second-order valence-electron chi connectivity index (χ2n) is 2.49. The minimum absolute atomic E-state index is 0.284. The lowest BCUT2D eigenvalue weighted by Crippen LogP contribution is -1.88. The zero-order chi connectivity index (χ0) is 10.6. The van der Waals surface area contributed by atoms with Crippen molar-refractivity contribution in [2.75, 3.05) is 0 Å². The molecule has 0 unspecified atom stereocenters. The van der Waals surface area contributed by atoms with Gasteiger partial charge in [-0.15, -0.1) is 0 Å². The molecule has 1 aromatic rings. The van der Waals surface area contributed by atoms with Crippen LogP contribution in [0, 0.1) is 11.3 Å². The van der Waals surface area contributed by atoms with Gasteiger partial charge in [0.1, 0.15) is 6.07 Å². The molecule has 0 aliphatic rings. The molecule has 0 aliphatic carbocycles. The Morgan fingerprint density at radius 2 is 2.29 bits per heavy atom. The van der Waals surface area contributed by atoms with Crippen LogP contribution < -0.4 is 0 Å². The van der Waals surface area contributed by atoms with Crippen LogP contribution in [0.4, 0.5) is 0 Å². The van der Waals surface area contributed by atoms with Crippen molar-refractivity contribution in [2.24, 2.45) is 0 Å². The van der Waals surface area contributed by atoms with Gasteiger partial charge in [0.25, 0.3) is 0 Å². The summed E-state index contributed by atoms with van der Waals surface area (Å²) in [5.74, 6) is -1.06. The number of hydrogen-bond acceptors (Lipinski definition) is 2. The van der Waals surface area contributed by atoms with Crippen molar-refractivity contribution in [3.05, 3.63) is 40.4 Å². The van der Waals surface area contributed by atoms with Crippen molar-refractivity contribution < 1.29 is 9.90 Å². The van der Waals surface area contributed by atoms with E-state index in [-0.39, 0.29) is 5.56 Å². The number of benzene rings is 1. The van der Waals surface area contributed by atoms with E-state index in [1.807, 2.05) is 6.07 Å². The van der Waals surface area contributed by atoms with Gasteiger partial charge in [0.05, 0.1) is 10.6 Å². The Bertz CT molecular complexity index is 432. The third-order valence-corrected chi connectivity index (χ3v) is 1.88. The Kier molecular flexibility index (Phi) is 3.27. The van der Waals surface area contributed by atoms with E-state index in [9.17, 15) is 4.79 Å². The highest BCUT2D eigenvalue weighted by Crippen LogP contribution is 2.19. The molecule has 0 saturated carbocycles. The van der Waals surface area contributed by atoms with Gasteiger partial charge >= 0.3 is 5.97 Å². The number of aliphatic carboxylic acids is 1. The second-order valence-corrected chi connectivity index (χ2v) is 2.89. The topological polar surface area (TPSA) is 61.1 Å². The zero-order valence-corrected chi connectivity index (χ0v) is 7.82. The summed E-state index contributed by atoms with van der Waals surface area (Å²) in [6, 6.07) is 6.78. The van der Waals surface area contributed by atoms with Crippen molar-refractivity contribution >= 4 is 23.6 Å². The van der Waals surface area contributed by atoms with Crippen molar-refractivity contribution in [2.45, 2.75) is 0 Å². The molecule has 0 fully saturated rings. The van der Waals surface area contributed by atoms with Crippen molar-refractivity contribution in [1.82, 2.24) is 0 Å². The van der Waals surface area contributed by atoms with E-state index in [2.05, 4.69) is 0 Å². The van der Waals surface area contributed by atoms with Gasteiger partial charge in [-0.25, -0.2) is 4.79 Å². The van der Waals surface area contributed by atoms with Crippen LogP contribution >= 0.6 is 11.6 Å². The zero-order valence-electron chi connectivity index (χ0n) is 7.07. The van der Waals surface area contributed by atoms with Crippen molar-refractivity contribution in [3.63, 3.8) is 0 Å². The smallest absolute Gasteiger partial charge is 0.328 e. The highest BCUT2D eigenvalue weighted by Gasteiger charge is 2.03. The van der Waals surface area contributed by atoms with E-state index in [1.165, 1.54) is 6.08 Å². The molecule has 0 spiro atoms. The molecule has 0 aliphatic heterocycles. The molecule has 1 aromatic carbocycles. The molecule has 0 saturated heterocycles. The normalized spacial score (nSPS) is 10.0. The highest BCUT2D eigenvalue weighted by atomic mass is 35.5. The number of carbonyl (C=O) groups is 1. The summed E-state index contributed by atoms with van der Waals surface area (Å²) >= 11 is 5.74. The molecule has 0 atom stereocenters. The molecule has 4 heteroatoms. The first-order valence-corrected chi connectivity index (χ1v) is 4.12. The molecule has 0 radical (unpaired) electrons. The maximum absolute atomic E-state index is 10.3. The van der Waals surface area contributed by atoms with Gasteiger partial charge in [-0.2, -0.15) is 5.26 Å². The SMILES string of the molecule is N#Cc1c(Cl)cccc1C=CC(=O)O. The largest absolute Gasteiger partial charge is 0.478 e. The monoisotopic (exact) mass is 207 g/mol. The first-order chi connectivity index (χ1) is 6.65. The van der Waals surface area contributed by atoms with Gasteiger partial charge in [0.2, 0.25) is 0 Å². The quantitative estimate of drug-likeness (QED) is 0.757. The lowest BCUT2D eigenvalue weighted by molar-refractivity contribution is -0.131. The number of nitriles is 1. The molecule has 1 rings (SSSR count). The standard InChI is InChI=1S/C10H6ClNO2/c11-9-3-1-2-7(8(9)6-12)4-5-10(13)14/h1-5H,(H,13,14). The molecular formula is C10H6ClNO2. The van der Waals surface area contributed by atoms with Crippen LogP contribution in [-0.2, 0) is 4.79 Å². The van der Waals surface area contributed by atoms with E-state index in [4.69, 9.17) is 22.0 Å². The summed E-state index contributed by atoms with van der Waals surface area (Å²) in [7, 11) is 0. The number of rotatable bonds is 2. The summed E-state index contributed by atoms with van der Waals surface area (Å²) in [6.07, 6.45) is 2.30. The van der Waals surface area contributed by atoms with E-state index in [0.29, 0.717) is 10.6 Å². The summed E-state index contributed by atoms with van der Waals surface area (Å²) in [5.41, 5.74) is 0.786. The van der Waals surface area contributed by atoms with Crippen LogP contribution in [0.5, 0.6) is 0 Å². The first kappa shape index (κ1) is 10.3. The predicted molar refractivity (Wildman–Crippen MR) is 52.8 cm³/mol. The molecule has 14 heavy (non-hydrogen) atoms. The molecular weight excluding hydrogens is 202 g/mol. The molecule has 0 bridgehead atoms. The maximum Gasteiger partial charge on any atom is 0.328 e. The fourth-order valence-electron chi connectivity index (χ4n) is 0.959. The third kappa shape index (κ3) is 2.35. The number of halogens is 1. The van der Waals surface area contributed by atoms with Gasteiger partial charge in [-0.1, -0.05) is 23.7 Å². The summed E-state index contributed by atoms with van der Waals surface area (Å²) in [6.45, 7) is 0. The Morgan fingerprint density at radius 3 is 2.86 bits per heavy atom. The average Bonchev–Trinajstić information content (AvgIpc) is 2.14. The first-order valence-electron chi connectivity index (χ1n) is 3.75. The van der Waals surface area contributed by atoms with Crippen LogP contribution in [0.25, 0.3) is 6.08 Å². The minimum atomic E-state index is -1.06. The van der Waals surface area contributed by atoms with Crippen LogP contribution in [0.3, 0.4) is 0 Å². The van der Waals surface area contributed by atoms with Gasteiger partial charge in [0, 0.05) is 6.08 Å². The molecule has 70 valence electrons. The lowest BCUT2D eigenvalue weighted by Gasteiger charge is -1.98. The molecule has 3 nitrogen and oxygen atoms in total. The van der Waals surface area contributed by atoms with Crippen LogP contribution in [0.1, 0.15) is 11.1 Å². The fraction of sp³-hybridized carbons (Fsp3) is 0. The summed E-state index contributed by atoms with van der Waals surface area (Å²) < 4.78 is 0. The number of hydrogen-bond donors (Lipinski definition) is 1. The fourth-order valence-corrected chi connectivity index (χ4v) is 1.18. The van der Waals surface area contributed by atoms with Gasteiger partial charge in [0.15, 0.2) is 0 Å². The molecule has 1 N–H and O–H groups in total. The van der Waals surface area contributed by atoms with Gasteiger partial charge in [-0.05, 0) is 17.7 Å². The summed E-state index contributed by atoms with van der Waals surface area (Å²) in [5, 5.41) is 17.5. The molecule has 0 amide bonds. The van der Waals surface area contributed by atoms with Gasteiger partial charge < -0.3 is 5.11 Å². The average molecular weight is 208 g/mol. The van der Waals surface area contributed by atoms with Gasteiger partial charge in [-0.3, -0.25) is 0 Å². The van der Waals surface area contributed by atoms with E-state index >= 15 is 0 Å². The lowest BCUT2D eigenvalue weighted by atomic mass is 10.1. The Hall–Kier alpha value is -1.79. The van der Waals surface area contributed by atoms with E-state index in [1.54, 1.807) is 18.2 Å². The van der Waals surface area contributed by atoms with E-state index < -0.39 is 5.97 Å². The van der Waals surface area contributed by atoms with E-state index in [0.717, 1.165) is 6.08 Å². The Morgan fingerprint density at radius 1 is 1.57 bits per heavy atom. The maximum atomic E-state index is 10.3. The number of nitrogens with zero attached hydrogens (tertiary/aromatic N) is 1. The van der Waals surface area contributed by atoms with Crippen LogP contribution in [-0.4, -0.2) is 11.1 Å².